The Morgan fingerprint density at radius 3 is 2.84 bits per heavy atom. The highest BCUT2D eigenvalue weighted by Crippen LogP contribution is 2.29. The number of hydrogen-bond acceptors (Lipinski definition) is 3. The first kappa shape index (κ1) is 11.6. The molecule has 2 aromatic heterocycles. The highest BCUT2D eigenvalue weighted by molar-refractivity contribution is 5.93. The maximum absolute atomic E-state index is 13.6. The van der Waals surface area contributed by atoms with Crippen LogP contribution in [0.5, 0.6) is 0 Å². The standard InChI is InChI=1S/C14H13FN4/c1-2-19-14-8-17-6-10(11(14)7-18-19)9-3-4-13(16)12(15)5-9/h3-8H,2,16H2,1H3. The maximum Gasteiger partial charge on any atom is 0.146 e. The number of nitrogens with zero attached hydrogens (tertiary/aromatic N) is 3. The molecule has 0 bridgehead atoms. The molecule has 0 aliphatic heterocycles. The van der Waals surface area contributed by atoms with Gasteiger partial charge >= 0.3 is 0 Å². The van der Waals surface area contributed by atoms with Gasteiger partial charge in [-0.05, 0) is 24.6 Å². The first-order valence-electron chi connectivity index (χ1n) is 6.05. The number of fused-ring (bicyclic) bond motifs is 1. The maximum atomic E-state index is 13.6. The average Bonchev–Trinajstić information content (AvgIpc) is 2.85. The lowest BCUT2D eigenvalue weighted by Crippen LogP contribution is -1.95. The fourth-order valence-corrected chi connectivity index (χ4v) is 2.17. The van der Waals surface area contributed by atoms with E-state index in [9.17, 15) is 4.39 Å². The molecule has 0 amide bonds. The third-order valence-corrected chi connectivity index (χ3v) is 3.18. The van der Waals surface area contributed by atoms with Crippen LogP contribution in [0.1, 0.15) is 6.92 Å². The molecule has 3 rings (SSSR count). The van der Waals surface area contributed by atoms with Crippen molar-refractivity contribution in [1.29, 1.82) is 0 Å². The van der Waals surface area contributed by atoms with Gasteiger partial charge in [-0.15, -0.1) is 0 Å². The third-order valence-electron chi connectivity index (χ3n) is 3.18. The van der Waals surface area contributed by atoms with Crippen molar-refractivity contribution in [2.75, 3.05) is 5.73 Å². The summed E-state index contributed by atoms with van der Waals surface area (Å²) in [5, 5.41) is 5.26. The van der Waals surface area contributed by atoms with Gasteiger partial charge in [0, 0.05) is 23.7 Å². The van der Waals surface area contributed by atoms with Crippen LogP contribution in [0.25, 0.3) is 22.0 Å². The van der Waals surface area contributed by atoms with E-state index in [4.69, 9.17) is 5.73 Å². The number of aromatic nitrogens is 3. The van der Waals surface area contributed by atoms with Crippen molar-refractivity contribution < 1.29 is 4.39 Å². The van der Waals surface area contributed by atoms with Crippen LogP contribution < -0.4 is 5.73 Å². The second-order valence-electron chi connectivity index (χ2n) is 4.32. The van der Waals surface area contributed by atoms with Crippen molar-refractivity contribution in [2.45, 2.75) is 13.5 Å². The van der Waals surface area contributed by atoms with E-state index >= 15 is 0 Å². The quantitative estimate of drug-likeness (QED) is 0.717. The molecule has 0 aliphatic rings. The van der Waals surface area contributed by atoms with Crippen molar-refractivity contribution in [3.63, 3.8) is 0 Å². The normalized spacial score (nSPS) is 11.1. The minimum atomic E-state index is -0.419. The number of pyridine rings is 1. The summed E-state index contributed by atoms with van der Waals surface area (Å²) >= 11 is 0. The van der Waals surface area contributed by atoms with E-state index in [-0.39, 0.29) is 5.69 Å². The summed E-state index contributed by atoms with van der Waals surface area (Å²) in [5.41, 5.74) is 8.19. The van der Waals surface area contributed by atoms with Crippen molar-refractivity contribution >= 4 is 16.6 Å². The van der Waals surface area contributed by atoms with Crippen molar-refractivity contribution in [1.82, 2.24) is 14.8 Å². The minimum absolute atomic E-state index is 0.146. The van der Waals surface area contributed by atoms with E-state index in [1.807, 2.05) is 11.6 Å². The number of benzene rings is 1. The van der Waals surface area contributed by atoms with Gasteiger partial charge in [-0.2, -0.15) is 5.10 Å². The number of anilines is 1. The largest absolute Gasteiger partial charge is 0.396 e. The molecule has 0 spiro atoms. The van der Waals surface area contributed by atoms with Crippen LogP contribution in [0.2, 0.25) is 0 Å². The number of rotatable bonds is 2. The van der Waals surface area contributed by atoms with Crippen molar-refractivity contribution in [3.05, 3.63) is 42.6 Å². The monoisotopic (exact) mass is 256 g/mol. The molecule has 4 nitrogen and oxygen atoms in total. The van der Waals surface area contributed by atoms with E-state index in [0.29, 0.717) is 0 Å². The fourth-order valence-electron chi connectivity index (χ4n) is 2.17. The number of aryl methyl sites for hydroxylation is 1. The molecule has 1 aromatic carbocycles. The van der Waals surface area contributed by atoms with Crippen LogP contribution in [0, 0.1) is 5.82 Å². The molecule has 0 radical (unpaired) electrons. The Morgan fingerprint density at radius 1 is 1.26 bits per heavy atom. The zero-order chi connectivity index (χ0) is 13.4. The molecule has 5 heteroatoms. The lowest BCUT2D eigenvalue weighted by Gasteiger charge is -2.05. The molecule has 3 aromatic rings. The summed E-state index contributed by atoms with van der Waals surface area (Å²) in [5.74, 6) is -0.419. The van der Waals surface area contributed by atoms with Crippen LogP contribution in [-0.4, -0.2) is 14.8 Å². The third kappa shape index (κ3) is 1.83. The lowest BCUT2D eigenvalue weighted by molar-refractivity contribution is 0.633. The molecule has 2 N–H and O–H groups in total. The second kappa shape index (κ2) is 4.35. The Hall–Kier alpha value is -2.43. The van der Waals surface area contributed by atoms with Crippen LogP contribution in [0.15, 0.2) is 36.8 Å². The Morgan fingerprint density at radius 2 is 2.11 bits per heavy atom. The summed E-state index contributed by atoms with van der Waals surface area (Å²) < 4.78 is 15.4. The topological polar surface area (TPSA) is 56.7 Å². The number of nitrogens with two attached hydrogens (primary N) is 1. The zero-order valence-electron chi connectivity index (χ0n) is 10.5. The first-order valence-corrected chi connectivity index (χ1v) is 6.05. The van der Waals surface area contributed by atoms with Gasteiger partial charge in [0.2, 0.25) is 0 Å². The summed E-state index contributed by atoms with van der Waals surface area (Å²) in [6.07, 6.45) is 5.27. The Bertz CT molecular complexity index is 748. The van der Waals surface area contributed by atoms with E-state index in [1.165, 1.54) is 6.07 Å². The molecule has 0 atom stereocenters. The summed E-state index contributed by atoms with van der Waals surface area (Å²) in [6, 6.07) is 4.78. The Balaban J connectivity index is 2.24. The van der Waals surface area contributed by atoms with Crippen LogP contribution in [0.3, 0.4) is 0 Å². The summed E-state index contributed by atoms with van der Waals surface area (Å²) in [4.78, 5) is 4.21. The van der Waals surface area contributed by atoms with Crippen LogP contribution in [-0.2, 0) is 6.54 Å². The van der Waals surface area contributed by atoms with Gasteiger partial charge < -0.3 is 5.73 Å². The number of halogens is 1. The highest BCUT2D eigenvalue weighted by atomic mass is 19.1. The number of hydrogen-bond donors (Lipinski definition) is 1. The predicted molar refractivity (Wildman–Crippen MR) is 73.0 cm³/mol. The van der Waals surface area contributed by atoms with Crippen LogP contribution >= 0.6 is 0 Å². The van der Waals surface area contributed by atoms with Gasteiger partial charge in [0.15, 0.2) is 0 Å². The predicted octanol–water partition coefficient (Wildman–Crippen LogP) is 2.84. The minimum Gasteiger partial charge on any atom is -0.396 e. The highest BCUT2D eigenvalue weighted by Gasteiger charge is 2.10. The number of nitrogen functional groups attached to an aromatic ring is 1. The van der Waals surface area contributed by atoms with Gasteiger partial charge in [0.25, 0.3) is 0 Å². The van der Waals surface area contributed by atoms with Crippen LogP contribution in [0.4, 0.5) is 10.1 Å². The lowest BCUT2D eigenvalue weighted by atomic mass is 10.0. The second-order valence-corrected chi connectivity index (χ2v) is 4.32. The van der Waals surface area contributed by atoms with Gasteiger partial charge in [-0.1, -0.05) is 6.07 Å². The SMILES string of the molecule is CCn1ncc2c(-c3ccc(N)c(F)c3)cncc21. The Labute approximate surface area is 109 Å². The molecule has 19 heavy (non-hydrogen) atoms. The summed E-state index contributed by atoms with van der Waals surface area (Å²) in [7, 11) is 0. The Kier molecular flexibility index (Phi) is 2.67. The first-order chi connectivity index (χ1) is 9.20. The smallest absolute Gasteiger partial charge is 0.146 e. The zero-order valence-corrected chi connectivity index (χ0v) is 10.5. The molecule has 0 unspecified atom stereocenters. The molecular formula is C14H13FN4. The fraction of sp³-hybridized carbons (Fsp3) is 0.143. The molecule has 96 valence electrons. The molecule has 0 saturated heterocycles. The van der Waals surface area contributed by atoms with Gasteiger partial charge in [-0.25, -0.2) is 4.39 Å². The van der Waals surface area contributed by atoms with E-state index in [2.05, 4.69) is 10.1 Å². The van der Waals surface area contributed by atoms with E-state index in [0.717, 1.165) is 28.6 Å². The van der Waals surface area contributed by atoms with E-state index in [1.54, 1.807) is 30.7 Å². The van der Waals surface area contributed by atoms with Gasteiger partial charge in [0.1, 0.15) is 5.82 Å². The molecule has 0 aliphatic carbocycles. The van der Waals surface area contributed by atoms with Crippen molar-refractivity contribution in [3.8, 4) is 11.1 Å². The molecular weight excluding hydrogens is 243 g/mol. The molecule has 0 fully saturated rings. The van der Waals surface area contributed by atoms with E-state index < -0.39 is 5.82 Å². The van der Waals surface area contributed by atoms with Gasteiger partial charge in [-0.3, -0.25) is 9.67 Å². The van der Waals surface area contributed by atoms with Gasteiger partial charge in [0.05, 0.1) is 23.6 Å². The van der Waals surface area contributed by atoms with Crippen molar-refractivity contribution in [2.24, 2.45) is 0 Å². The summed E-state index contributed by atoms with van der Waals surface area (Å²) in [6.45, 7) is 2.78. The molecule has 0 saturated carbocycles. The molecule has 2 heterocycles. The average molecular weight is 256 g/mol.